The van der Waals surface area contributed by atoms with Crippen molar-refractivity contribution >= 4 is 50.6 Å². The summed E-state index contributed by atoms with van der Waals surface area (Å²) >= 11 is 4.43. The maximum atomic E-state index is 11.9. The van der Waals surface area contributed by atoms with E-state index in [1.165, 1.54) is 6.92 Å². The average Bonchev–Trinajstić information content (AvgIpc) is 2.97. The molecule has 0 fully saturated rings. The Bertz CT molecular complexity index is 727. The lowest BCUT2D eigenvalue weighted by Crippen LogP contribution is -2.32. The van der Waals surface area contributed by atoms with Crippen LogP contribution in [0.2, 0.25) is 0 Å². The Balaban J connectivity index is 1.89. The molecular weight excluding hydrogens is 368 g/mol. The average molecular weight is 381 g/mol. The van der Waals surface area contributed by atoms with E-state index in [9.17, 15) is 14.4 Å². The van der Waals surface area contributed by atoms with Crippen LogP contribution in [0.1, 0.15) is 26.3 Å². The van der Waals surface area contributed by atoms with Gasteiger partial charge in [-0.3, -0.25) is 14.4 Å². The number of carbonyl (C=O) groups is 3. The maximum Gasteiger partial charge on any atom is 0.261 e. The van der Waals surface area contributed by atoms with Crippen LogP contribution < -0.4 is 10.6 Å². The van der Waals surface area contributed by atoms with Gasteiger partial charge in [0.1, 0.15) is 0 Å². The van der Waals surface area contributed by atoms with Gasteiger partial charge in [-0.2, -0.15) is 0 Å². The first kappa shape index (κ1) is 16.4. The largest absolute Gasteiger partial charge is 0.342 e. The molecular formula is C15H13BrN2O3S. The van der Waals surface area contributed by atoms with E-state index in [0.29, 0.717) is 15.4 Å². The zero-order chi connectivity index (χ0) is 16.1. The number of ketones is 1. The van der Waals surface area contributed by atoms with E-state index < -0.39 is 0 Å². The number of para-hydroxylation sites is 1. The number of carbonyl (C=O) groups excluding carboxylic acids is 3. The SMILES string of the molecule is CC(=O)c1ccc(C(=O)NCC(=O)Nc2ccccc2Br)s1. The molecule has 0 spiro atoms. The summed E-state index contributed by atoms with van der Waals surface area (Å²) in [4.78, 5) is 35.8. The normalized spacial score (nSPS) is 10.1. The second-order valence-corrected chi connectivity index (χ2v) is 6.37. The summed E-state index contributed by atoms with van der Waals surface area (Å²) in [6.07, 6.45) is 0. The first-order valence-corrected chi connectivity index (χ1v) is 8.01. The predicted octanol–water partition coefficient (Wildman–Crippen LogP) is 3.08. The molecule has 0 aliphatic heterocycles. The van der Waals surface area contributed by atoms with Crippen molar-refractivity contribution in [3.63, 3.8) is 0 Å². The molecule has 7 heteroatoms. The molecule has 2 N–H and O–H groups in total. The van der Waals surface area contributed by atoms with E-state index in [0.717, 1.165) is 15.8 Å². The van der Waals surface area contributed by atoms with Crippen molar-refractivity contribution in [3.8, 4) is 0 Å². The van der Waals surface area contributed by atoms with Gasteiger partial charge in [-0.15, -0.1) is 11.3 Å². The van der Waals surface area contributed by atoms with Crippen LogP contribution >= 0.6 is 27.3 Å². The molecule has 0 radical (unpaired) electrons. The zero-order valence-electron chi connectivity index (χ0n) is 11.7. The molecule has 0 aliphatic carbocycles. The highest BCUT2D eigenvalue weighted by Crippen LogP contribution is 2.21. The van der Waals surface area contributed by atoms with Gasteiger partial charge in [-0.25, -0.2) is 0 Å². The van der Waals surface area contributed by atoms with Crippen LogP contribution in [0.15, 0.2) is 40.9 Å². The van der Waals surface area contributed by atoms with Crippen molar-refractivity contribution in [2.75, 3.05) is 11.9 Å². The monoisotopic (exact) mass is 380 g/mol. The van der Waals surface area contributed by atoms with E-state index in [4.69, 9.17) is 0 Å². The molecule has 0 atom stereocenters. The number of halogens is 1. The topological polar surface area (TPSA) is 75.3 Å². The Morgan fingerprint density at radius 2 is 1.77 bits per heavy atom. The van der Waals surface area contributed by atoms with Gasteiger partial charge < -0.3 is 10.6 Å². The lowest BCUT2D eigenvalue weighted by atomic mass is 10.3. The fourth-order valence-corrected chi connectivity index (χ4v) is 2.86. The molecule has 0 saturated heterocycles. The Morgan fingerprint density at radius 1 is 1.09 bits per heavy atom. The number of rotatable bonds is 5. The van der Waals surface area contributed by atoms with Crippen LogP contribution in [-0.4, -0.2) is 24.1 Å². The summed E-state index contributed by atoms with van der Waals surface area (Å²) in [6.45, 7) is 1.30. The number of anilines is 1. The molecule has 2 amide bonds. The van der Waals surface area contributed by atoms with Crippen molar-refractivity contribution in [2.45, 2.75) is 6.92 Å². The lowest BCUT2D eigenvalue weighted by Gasteiger charge is -2.07. The second-order valence-electron chi connectivity index (χ2n) is 4.43. The number of nitrogens with one attached hydrogen (secondary N) is 2. The number of thiophene rings is 1. The highest BCUT2D eigenvalue weighted by Gasteiger charge is 2.13. The molecule has 0 aliphatic rings. The number of Topliss-reactive ketones (excluding diaryl/α,β-unsaturated/α-hetero) is 1. The molecule has 0 saturated carbocycles. The third kappa shape index (κ3) is 4.25. The van der Waals surface area contributed by atoms with Crippen LogP contribution in [0.3, 0.4) is 0 Å². The van der Waals surface area contributed by atoms with Crippen LogP contribution in [0.4, 0.5) is 5.69 Å². The van der Waals surface area contributed by atoms with E-state index >= 15 is 0 Å². The molecule has 2 aromatic rings. The van der Waals surface area contributed by atoms with Crippen LogP contribution in [0.25, 0.3) is 0 Å². The minimum atomic E-state index is -0.375. The van der Waals surface area contributed by atoms with Gasteiger partial charge in [-0.05, 0) is 47.1 Å². The standard InChI is InChI=1S/C15H13BrN2O3S/c1-9(19)12-6-7-13(22-12)15(21)17-8-14(20)18-11-5-3-2-4-10(11)16/h2-7H,8H2,1H3,(H,17,21)(H,18,20). The number of hydrogen-bond acceptors (Lipinski definition) is 4. The number of amides is 2. The van der Waals surface area contributed by atoms with Crippen molar-refractivity contribution < 1.29 is 14.4 Å². The Morgan fingerprint density at radius 3 is 2.41 bits per heavy atom. The third-order valence-electron chi connectivity index (χ3n) is 2.73. The van der Waals surface area contributed by atoms with Gasteiger partial charge in [0.15, 0.2) is 5.78 Å². The molecule has 1 heterocycles. The van der Waals surface area contributed by atoms with E-state index in [1.807, 2.05) is 12.1 Å². The summed E-state index contributed by atoms with van der Waals surface area (Å²) in [5.41, 5.74) is 0.636. The highest BCUT2D eigenvalue weighted by molar-refractivity contribution is 9.10. The minimum absolute atomic E-state index is 0.0873. The predicted molar refractivity (Wildman–Crippen MR) is 89.4 cm³/mol. The van der Waals surface area contributed by atoms with Gasteiger partial charge in [0.25, 0.3) is 5.91 Å². The molecule has 5 nitrogen and oxygen atoms in total. The van der Waals surface area contributed by atoms with Gasteiger partial charge in [0, 0.05) is 4.47 Å². The van der Waals surface area contributed by atoms with Crippen LogP contribution in [0, 0.1) is 0 Å². The fourth-order valence-electron chi connectivity index (χ4n) is 1.65. The molecule has 1 aromatic heterocycles. The van der Waals surface area contributed by atoms with Gasteiger partial charge in [-0.1, -0.05) is 12.1 Å². The highest BCUT2D eigenvalue weighted by atomic mass is 79.9. The summed E-state index contributed by atoms with van der Waals surface area (Å²) in [6, 6.07) is 10.4. The Kier molecular flexibility index (Phi) is 5.46. The van der Waals surface area contributed by atoms with Gasteiger partial charge in [0.2, 0.25) is 5.91 Å². The quantitative estimate of drug-likeness (QED) is 0.782. The van der Waals surface area contributed by atoms with Crippen molar-refractivity contribution in [2.24, 2.45) is 0 Å². The minimum Gasteiger partial charge on any atom is -0.342 e. The molecule has 0 bridgehead atoms. The van der Waals surface area contributed by atoms with E-state index in [-0.39, 0.29) is 24.1 Å². The molecule has 2 rings (SSSR count). The smallest absolute Gasteiger partial charge is 0.261 e. The van der Waals surface area contributed by atoms with E-state index in [1.54, 1.807) is 24.3 Å². The first-order valence-electron chi connectivity index (χ1n) is 6.40. The zero-order valence-corrected chi connectivity index (χ0v) is 14.1. The summed E-state index contributed by atoms with van der Waals surface area (Å²) in [5, 5.41) is 5.21. The third-order valence-corrected chi connectivity index (χ3v) is 4.61. The van der Waals surface area contributed by atoms with Crippen molar-refractivity contribution in [1.29, 1.82) is 0 Å². The Labute approximate surface area is 139 Å². The van der Waals surface area contributed by atoms with Crippen molar-refractivity contribution in [3.05, 3.63) is 50.6 Å². The molecule has 1 aromatic carbocycles. The van der Waals surface area contributed by atoms with E-state index in [2.05, 4.69) is 26.6 Å². The lowest BCUT2D eigenvalue weighted by molar-refractivity contribution is -0.115. The number of benzene rings is 1. The van der Waals surface area contributed by atoms with Crippen molar-refractivity contribution in [1.82, 2.24) is 5.32 Å². The van der Waals surface area contributed by atoms with Crippen LogP contribution in [-0.2, 0) is 4.79 Å². The number of hydrogen-bond donors (Lipinski definition) is 2. The molecule has 0 unspecified atom stereocenters. The molecule has 114 valence electrons. The fraction of sp³-hybridized carbons (Fsp3) is 0.133. The second kappa shape index (κ2) is 7.33. The maximum absolute atomic E-state index is 11.9. The summed E-state index contributed by atoms with van der Waals surface area (Å²) < 4.78 is 0.763. The molecule has 22 heavy (non-hydrogen) atoms. The Hall–Kier alpha value is -1.99. The summed E-state index contributed by atoms with van der Waals surface area (Å²) in [7, 11) is 0. The summed E-state index contributed by atoms with van der Waals surface area (Å²) in [5.74, 6) is -0.793. The first-order chi connectivity index (χ1) is 10.5. The van der Waals surface area contributed by atoms with Crippen LogP contribution in [0.5, 0.6) is 0 Å². The van der Waals surface area contributed by atoms with Gasteiger partial charge >= 0.3 is 0 Å². The van der Waals surface area contributed by atoms with Gasteiger partial charge in [0.05, 0.1) is 22.0 Å².